The summed E-state index contributed by atoms with van der Waals surface area (Å²) in [4.78, 5) is 29.9. The normalized spacial score (nSPS) is 10.3. The number of aryl methyl sites for hydroxylation is 3. The van der Waals surface area contributed by atoms with Crippen LogP contribution in [0.5, 0.6) is 5.88 Å². The van der Waals surface area contributed by atoms with Crippen molar-refractivity contribution in [2.75, 3.05) is 26.5 Å². The molecule has 0 bridgehead atoms. The van der Waals surface area contributed by atoms with Crippen LogP contribution in [0, 0.1) is 13.8 Å². The van der Waals surface area contributed by atoms with E-state index in [9.17, 15) is 9.59 Å². The van der Waals surface area contributed by atoms with Gasteiger partial charge in [0.25, 0.3) is 0 Å². The van der Waals surface area contributed by atoms with Gasteiger partial charge in [0.2, 0.25) is 11.8 Å². The topological polar surface area (TPSA) is 83.6 Å². The molecule has 1 aromatic heterocycles. The monoisotopic (exact) mass is 384 g/mol. The Bertz CT molecular complexity index is 850. The second kappa shape index (κ2) is 9.73. The van der Waals surface area contributed by atoms with Crippen LogP contribution in [0.3, 0.4) is 0 Å². The maximum Gasteiger partial charge on any atom is 0.319 e. The molecule has 150 valence electrons. The van der Waals surface area contributed by atoms with Crippen molar-refractivity contribution < 1.29 is 14.3 Å². The molecule has 0 radical (unpaired) electrons. The van der Waals surface area contributed by atoms with Gasteiger partial charge in [-0.25, -0.2) is 9.78 Å². The minimum Gasteiger partial charge on any atom is -0.481 e. The summed E-state index contributed by atoms with van der Waals surface area (Å²) in [6.07, 6.45) is 1.06. The number of carbonyl (C=O) groups excluding carboxylic acids is 2. The zero-order valence-electron chi connectivity index (χ0n) is 17.1. The highest BCUT2D eigenvalue weighted by Gasteiger charge is 2.11. The molecule has 0 atom stereocenters. The number of rotatable bonds is 7. The molecule has 28 heavy (non-hydrogen) atoms. The maximum atomic E-state index is 12.3. The van der Waals surface area contributed by atoms with E-state index in [2.05, 4.69) is 15.6 Å². The first kappa shape index (κ1) is 21.2. The summed E-state index contributed by atoms with van der Waals surface area (Å²) in [5, 5.41) is 5.66. The number of methoxy groups -OCH3 is 1. The van der Waals surface area contributed by atoms with Crippen LogP contribution >= 0.6 is 0 Å². The predicted octanol–water partition coefficient (Wildman–Crippen LogP) is 3.05. The number of hydrogen-bond acceptors (Lipinski definition) is 4. The average Bonchev–Trinajstić information content (AvgIpc) is 2.64. The molecule has 0 aliphatic carbocycles. The van der Waals surface area contributed by atoms with E-state index in [0.717, 1.165) is 22.4 Å². The van der Waals surface area contributed by atoms with Gasteiger partial charge in [0, 0.05) is 37.5 Å². The molecule has 0 saturated carbocycles. The smallest absolute Gasteiger partial charge is 0.319 e. The summed E-state index contributed by atoms with van der Waals surface area (Å²) in [6, 6.07) is 9.14. The van der Waals surface area contributed by atoms with E-state index < -0.39 is 0 Å². The Hall–Kier alpha value is -3.09. The number of hydrogen-bond donors (Lipinski definition) is 2. The van der Waals surface area contributed by atoms with Crippen molar-refractivity contribution in [3.63, 3.8) is 0 Å². The average molecular weight is 384 g/mol. The number of amides is 3. The van der Waals surface area contributed by atoms with Gasteiger partial charge in [0.15, 0.2) is 0 Å². The van der Waals surface area contributed by atoms with Gasteiger partial charge in [-0.3, -0.25) is 4.79 Å². The second-order valence-corrected chi connectivity index (χ2v) is 6.86. The quantitative estimate of drug-likeness (QED) is 0.769. The molecule has 0 fully saturated rings. The lowest BCUT2D eigenvalue weighted by Crippen LogP contribution is -2.28. The van der Waals surface area contributed by atoms with E-state index in [4.69, 9.17) is 4.74 Å². The molecule has 1 heterocycles. The molecule has 7 nitrogen and oxygen atoms in total. The maximum absolute atomic E-state index is 12.3. The molecule has 3 amide bonds. The summed E-state index contributed by atoms with van der Waals surface area (Å²) in [5.41, 5.74) is 4.40. The molecular formula is C21H28N4O3. The molecule has 0 aliphatic rings. The van der Waals surface area contributed by atoms with Crippen molar-refractivity contribution in [3.8, 4) is 5.88 Å². The first-order valence-corrected chi connectivity index (χ1v) is 9.15. The van der Waals surface area contributed by atoms with Crippen molar-refractivity contribution in [3.05, 3.63) is 52.7 Å². The van der Waals surface area contributed by atoms with E-state index in [1.807, 2.05) is 44.2 Å². The highest BCUT2D eigenvalue weighted by atomic mass is 16.5. The number of carbonyl (C=O) groups is 2. The molecule has 0 unspecified atom stereocenters. The fourth-order valence-corrected chi connectivity index (χ4v) is 2.84. The van der Waals surface area contributed by atoms with Crippen molar-refractivity contribution >= 4 is 17.6 Å². The molecule has 0 saturated heterocycles. The predicted molar refractivity (Wildman–Crippen MR) is 110 cm³/mol. The van der Waals surface area contributed by atoms with Gasteiger partial charge in [-0.15, -0.1) is 0 Å². The zero-order valence-corrected chi connectivity index (χ0v) is 17.1. The number of aromatic nitrogens is 1. The Balaban J connectivity index is 1.95. The van der Waals surface area contributed by atoms with Gasteiger partial charge in [0.05, 0.1) is 13.7 Å². The first-order valence-electron chi connectivity index (χ1n) is 9.15. The highest BCUT2D eigenvalue weighted by Crippen LogP contribution is 2.20. The lowest BCUT2D eigenvalue weighted by atomic mass is 10.1. The number of nitrogens with zero attached hydrogens (tertiary/aromatic N) is 2. The number of urea groups is 1. The highest BCUT2D eigenvalue weighted by molar-refractivity contribution is 5.89. The Morgan fingerprint density at radius 3 is 2.61 bits per heavy atom. The van der Waals surface area contributed by atoms with Crippen LogP contribution in [0.1, 0.15) is 28.8 Å². The Labute approximate surface area is 166 Å². The number of pyridine rings is 1. The van der Waals surface area contributed by atoms with E-state index in [-0.39, 0.29) is 11.9 Å². The third kappa shape index (κ3) is 5.97. The fraction of sp³-hybridized carbons (Fsp3) is 0.381. The van der Waals surface area contributed by atoms with E-state index in [0.29, 0.717) is 31.0 Å². The number of nitrogens with one attached hydrogen (secondary N) is 2. The molecule has 0 aliphatic heterocycles. The number of anilines is 1. The Kier molecular flexibility index (Phi) is 7.37. The van der Waals surface area contributed by atoms with Gasteiger partial charge in [-0.2, -0.15) is 0 Å². The zero-order chi connectivity index (χ0) is 20.7. The summed E-state index contributed by atoms with van der Waals surface area (Å²) in [6.45, 7) is 4.17. The SMILES string of the molecule is COc1nc(C)cc(C)c1CNC(=O)Nc1cccc(CCC(=O)N(C)C)c1. The van der Waals surface area contributed by atoms with Crippen LogP contribution < -0.4 is 15.4 Å². The van der Waals surface area contributed by atoms with Crippen molar-refractivity contribution in [2.24, 2.45) is 0 Å². The van der Waals surface area contributed by atoms with Crippen LogP contribution in [0.15, 0.2) is 30.3 Å². The lowest BCUT2D eigenvalue weighted by molar-refractivity contribution is -0.128. The van der Waals surface area contributed by atoms with Crippen LogP contribution in [-0.4, -0.2) is 43.0 Å². The van der Waals surface area contributed by atoms with Crippen molar-refractivity contribution in [2.45, 2.75) is 33.2 Å². The number of benzene rings is 1. The van der Waals surface area contributed by atoms with Crippen LogP contribution in [0.2, 0.25) is 0 Å². The molecular weight excluding hydrogens is 356 g/mol. The second-order valence-electron chi connectivity index (χ2n) is 6.86. The Morgan fingerprint density at radius 2 is 1.93 bits per heavy atom. The minimum atomic E-state index is -0.316. The summed E-state index contributed by atoms with van der Waals surface area (Å²) in [7, 11) is 5.05. The van der Waals surface area contributed by atoms with Gasteiger partial charge >= 0.3 is 6.03 Å². The third-order valence-electron chi connectivity index (χ3n) is 4.37. The molecule has 2 N–H and O–H groups in total. The van der Waals surface area contributed by atoms with E-state index in [1.165, 1.54) is 0 Å². The van der Waals surface area contributed by atoms with Gasteiger partial charge < -0.3 is 20.3 Å². The van der Waals surface area contributed by atoms with Gasteiger partial charge in [-0.1, -0.05) is 12.1 Å². The molecule has 0 spiro atoms. The summed E-state index contributed by atoms with van der Waals surface area (Å²) in [5.74, 6) is 0.595. The number of ether oxygens (including phenoxy) is 1. The first-order chi connectivity index (χ1) is 13.3. The summed E-state index contributed by atoms with van der Waals surface area (Å²) < 4.78 is 5.32. The van der Waals surface area contributed by atoms with E-state index in [1.54, 1.807) is 26.1 Å². The minimum absolute atomic E-state index is 0.0760. The van der Waals surface area contributed by atoms with E-state index >= 15 is 0 Å². The van der Waals surface area contributed by atoms with Crippen LogP contribution in [0.25, 0.3) is 0 Å². The van der Waals surface area contributed by atoms with Gasteiger partial charge in [0.1, 0.15) is 0 Å². The third-order valence-corrected chi connectivity index (χ3v) is 4.37. The molecule has 7 heteroatoms. The van der Waals surface area contributed by atoms with Gasteiger partial charge in [-0.05, 0) is 49.6 Å². The molecule has 2 rings (SSSR count). The molecule has 2 aromatic rings. The van der Waals surface area contributed by atoms with Crippen LogP contribution in [-0.2, 0) is 17.8 Å². The Morgan fingerprint density at radius 1 is 1.18 bits per heavy atom. The van der Waals surface area contributed by atoms with Crippen molar-refractivity contribution in [1.82, 2.24) is 15.2 Å². The van der Waals surface area contributed by atoms with Crippen molar-refractivity contribution in [1.29, 1.82) is 0 Å². The largest absolute Gasteiger partial charge is 0.481 e. The standard InChI is InChI=1S/C21H28N4O3/c1-14-11-15(2)23-20(28-5)18(14)13-22-21(27)24-17-8-6-7-16(12-17)9-10-19(26)25(3)4/h6-8,11-12H,9-10,13H2,1-5H3,(H2,22,24,27). The molecule has 1 aromatic carbocycles. The summed E-state index contributed by atoms with van der Waals surface area (Å²) >= 11 is 0. The lowest BCUT2D eigenvalue weighted by Gasteiger charge is -2.14. The fourth-order valence-electron chi connectivity index (χ4n) is 2.84. The van der Waals surface area contributed by atoms with Crippen LogP contribution in [0.4, 0.5) is 10.5 Å².